The van der Waals surface area contributed by atoms with Gasteiger partial charge in [-0.15, -0.1) is 0 Å². The number of β-amino-alcohol motifs (C(OH)–C–C–N with tert-alkyl or cyclic N) is 1. The van der Waals surface area contributed by atoms with E-state index >= 15 is 0 Å². The van der Waals surface area contributed by atoms with Gasteiger partial charge in [0.1, 0.15) is 0 Å². The van der Waals surface area contributed by atoms with Crippen molar-refractivity contribution < 1.29 is 19.8 Å². The molecule has 7 nitrogen and oxygen atoms in total. The number of carbonyl (C=O) groups is 2. The predicted octanol–water partition coefficient (Wildman–Crippen LogP) is 0.195. The summed E-state index contributed by atoms with van der Waals surface area (Å²) in [4.78, 5) is 27.0. The van der Waals surface area contributed by atoms with Crippen LogP contribution in [0.5, 0.6) is 0 Å². The topological polar surface area (TPSA) is 93.1 Å². The maximum atomic E-state index is 12.3. The van der Waals surface area contributed by atoms with Crippen molar-refractivity contribution in [2.24, 2.45) is 5.92 Å². The van der Waals surface area contributed by atoms with E-state index in [2.05, 4.69) is 10.2 Å². The summed E-state index contributed by atoms with van der Waals surface area (Å²) in [7, 11) is 0. The van der Waals surface area contributed by atoms with Crippen molar-refractivity contribution in [1.29, 1.82) is 0 Å². The summed E-state index contributed by atoms with van der Waals surface area (Å²) < 4.78 is 0. The summed E-state index contributed by atoms with van der Waals surface area (Å²) in [6.45, 7) is 7.42. The second-order valence-electron chi connectivity index (χ2n) is 5.80. The summed E-state index contributed by atoms with van der Waals surface area (Å²) in [6.07, 6.45) is 0.798. The lowest BCUT2D eigenvalue weighted by Gasteiger charge is -2.27. The first-order valence-electron chi connectivity index (χ1n) is 7.54. The van der Waals surface area contributed by atoms with Crippen LogP contribution in [0.3, 0.4) is 0 Å². The molecule has 3 N–H and O–H groups in total. The molecule has 0 radical (unpaired) electrons. The number of hydrogen-bond acceptors (Lipinski definition) is 4. The minimum atomic E-state index is -0.904. The fraction of sp³-hybridized carbons (Fsp3) is 0.857. The summed E-state index contributed by atoms with van der Waals surface area (Å²) in [6, 6.07) is -0.549. The molecule has 0 spiro atoms. The van der Waals surface area contributed by atoms with Crippen molar-refractivity contribution in [3.63, 3.8) is 0 Å². The zero-order valence-corrected chi connectivity index (χ0v) is 12.9. The molecule has 0 aromatic carbocycles. The summed E-state index contributed by atoms with van der Waals surface area (Å²) in [5.74, 6) is -0.832. The first kappa shape index (κ1) is 17.7. The van der Waals surface area contributed by atoms with E-state index in [0.29, 0.717) is 19.6 Å². The van der Waals surface area contributed by atoms with E-state index in [0.717, 1.165) is 19.5 Å². The smallest absolute Gasteiger partial charge is 0.317 e. The molecule has 1 unspecified atom stereocenters. The zero-order valence-electron chi connectivity index (χ0n) is 12.9. The first-order chi connectivity index (χ1) is 9.93. The Kier molecular flexibility index (Phi) is 7.45. The minimum absolute atomic E-state index is 0.0616. The molecule has 0 aromatic rings. The molecule has 0 bridgehead atoms. The average molecular weight is 301 g/mol. The Morgan fingerprint density at radius 2 is 1.90 bits per heavy atom. The van der Waals surface area contributed by atoms with Gasteiger partial charge in [-0.3, -0.25) is 9.69 Å². The zero-order chi connectivity index (χ0) is 15.8. The number of aliphatic hydroxyl groups excluding tert-OH is 1. The van der Waals surface area contributed by atoms with Gasteiger partial charge in [-0.2, -0.15) is 0 Å². The molecule has 0 aliphatic carbocycles. The third-order valence-corrected chi connectivity index (χ3v) is 3.80. The van der Waals surface area contributed by atoms with Gasteiger partial charge in [-0.25, -0.2) is 4.79 Å². The third-order valence-electron chi connectivity index (χ3n) is 3.80. The molecule has 122 valence electrons. The van der Waals surface area contributed by atoms with Gasteiger partial charge in [0.2, 0.25) is 0 Å². The van der Waals surface area contributed by atoms with Crippen molar-refractivity contribution in [3.05, 3.63) is 0 Å². The Balaban J connectivity index is 2.51. The monoisotopic (exact) mass is 301 g/mol. The Labute approximate surface area is 125 Å². The van der Waals surface area contributed by atoms with Gasteiger partial charge in [-0.05, 0) is 18.9 Å². The number of nitrogens with one attached hydrogen (secondary N) is 1. The molecule has 0 aromatic heterocycles. The van der Waals surface area contributed by atoms with Gasteiger partial charge in [0.15, 0.2) is 0 Å². The number of aliphatic hydroxyl groups is 1. The molecule has 1 heterocycles. The number of rotatable bonds is 6. The van der Waals surface area contributed by atoms with Gasteiger partial charge >= 0.3 is 12.0 Å². The number of urea groups is 1. The Hall–Kier alpha value is -1.34. The lowest BCUT2D eigenvalue weighted by Crippen LogP contribution is -2.48. The van der Waals surface area contributed by atoms with Crippen LogP contribution in [0, 0.1) is 5.92 Å². The molecular weight excluding hydrogens is 274 g/mol. The van der Waals surface area contributed by atoms with Crippen LogP contribution in [0.15, 0.2) is 0 Å². The maximum absolute atomic E-state index is 12.3. The first-order valence-corrected chi connectivity index (χ1v) is 7.54. The molecule has 1 saturated heterocycles. The van der Waals surface area contributed by atoms with E-state index in [9.17, 15) is 9.59 Å². The highest BCUT2D eigenvalue weighted by Gasteiger charge is 2.24. The van der Waals surface area contributed by atoms with Crippen LogP contribution in [0.4, 0.5) is 4.79 Å². The standard InChI is InChI=1S/C14H27N3O4/c1-11(2)12(10-13(19)20)15-14(21)17-5-3-4-16(6-7-17)8-9-18/h11-12,18H,3-10H2,1-2H3,(H,15,21)(H,19,20). The van der Waals surface area contributed by atoms with Gasteiger partial charge in [0, 0.05) is 32.2 Å². The summed E-state index contributed by atoms with van der Waals surface area (Å²) in [5, 5.41) is 20.7. The van der Waals surface area contributed by atoms with Crippen LogP contribution >= 0.6 is 0 Å². The molecule has 21 heavy (non-hydrogen) atoms. The lowest BCUT2D eigenvalue weighted by atomic mass is 10.0. The van der Waals surface area contributed by atoms with Gasteiger partial charge in [0.25, 0.3) is 0 Å². The largest absolute Gasteiger partial charge is 0.481 e. The van der Waals surface area contributed by atoms with Crippen LogP contribution in [0.2, 0.25) is 0 Å². The fourth-order valence-corrected chi connectivity index (χ4v) is 2.43. The highest BCUT2D eigenvalue weighted by atomic mass is 16.4. The van der Waals surface area contributed by atoms with Crippen molar-refractivity contribution in [2.45, 2.75) is 32.7 Å². The molecular formula is C14H27N3O4. The number of hydrogen-bond donors (Lipinski definition) is 3. The molecule has 2 amide bonds. The number of carboxylic acids is 1. The average Bonchev–Trinajstić information content (AvgIpc) is 2.63. The highest BCUT2D eigenvalue weighted by molar-refractivity contribution is 5.76. The molecule has 7 heteroatoms. The van der Waals surface area contributed by atoms with E-state index in [1.54, 1.807) is 4.90 Å². The predicted molar refractivity (Wildman–Crippen MR) is 79.1 cm³/mol. The highest BCUT2D eigenvalue weighted by Crippen LogP contribution is 2.09. The van der Waals surface area contributed by atoms with Crippen molar-refractivity contribution in [2.75, 3.05) is 39.3 Å². The van der Waals surface area contributed by atoms with E-state index in [4.69, 9.17) is 10.2 Å². The molecule has 1 aliphatic heterocycles. The van der Waals surface area contributed by atoms with Crippen molar-refractivity contribution in [1.82, 2.24) is 15.1 Å². The normalized spacial score (nSPS) is 18.4. The van der Waals surface area contributed by atoms with Crippen LogP contribution in [0.25, 0.3) is 0 Å². The van der Waals surface area contributed by atoms with E-state index < -0.39 is 5.97 Å². The number of nitrogens with zero attached hydrogens (tertiary/aromatic N) is 2. The van der Waals surface area contributed by atoms with E-state index in [-0.39, 0.29) is 31.0 Å². The SMILES string of the molecule is CC(C)C(CC(=O)O)NC(=O)N1CCCN(CCO)CC1. The number of aliphatic carboxylic acids is 1. The second kappa shape index (κ2) is 8.84. The van der Waals surface area contributed by atoms with Gasteiger partial charge in [-0.1, -0.05) is 13.8 Å². The minimum Gasteiger partial charge on any atom is -0.481 e. The Morgan fingerprint density at radius 1 is 1.19 bits per heavy atom. The van der Waals surface area contributed by atoms with Crippen LogP contribution in [0.1, 0.15) is 26.7 Å². The molecule has 1 aliphatic rings. The molecule has 1 fully saturated rings. The molecule has 1 atom stereocenters. The van der Waals surface area contributed by atoms with E-state index in [1.165, 1.54) is 0 Å². The Bertz CT molecular complexity index is 349. The second-order valence-corrected chi connectivity index (χ2v) is 5.80. The maximum Gasteiger partial charge on any atom is 0.317 e. The number of carbonyl (C=O) groups excluding carboxylic acids is 1. The van der Waals surface area contributed by atoms with E-state index in [1.807, 2.05) is 13.8 Å². The van der Waals surface area contributed by atoms with Gasteiger partial charge < -0.3 is 20.4 Å². The van der Waals surface area contributed by atoms with Crippen LogP contribution < -0.4 is 5.32 Å². The fourth-order valence-electron chi connectivity index (χ4n) is 2.43. The summed E-state index contributed by atoms with van der Waals surface area (Å²) in [5.41, 5.74) is 0. The van der Waals surface area contributed by atoms with Crippen LogP contribution in [-0.2, 0) is 4.79 Å². The third kappa shape index (κ3) is 6.31. The molecule has 0 saturated carbocycles. The lowest BCUT2D eigenvalue weighted by molar-refractivity contribution is -0.137. The summed E-state index contributed by atoms with van der Waals surface area (Å²) >= 11 is 0. The van der Waals surface area contributed by atoms with Gasteiger partial charge in [0.05, 0.1) is 13.0 Å². The number of amides is 2. The van der Waals surface area contributed by atoms with Crippen molar-refractivity contribution in [3.8, 4) is 0 Å². The van der Waals surface area contributed by atoms with Crippen LogP contribution in [-0.4, -0.2) is 77.4 Å². The quantitative estimate of drug-likeness (QED) is 0.651. The Morgan fingerprint density at radius 3 is 2.48 bits per heavy atom. The number of carboxylic acid groups (broad SMARTS) is 1. The molecule has 1 rings (SSSR count). The van der Waals surface area contributed by atoms with Crippen molar-refractivity contribution >= 4 is 12.0 Å².